The van der Waals surface area contributed by atoms with Crippen molar-refractivity contribution in [3.05, 3.63) is 13.5 Å². The first-order chi connectivity index (χ1) is 10.6. The molecule has 0 aromatic carbocycles. The second-order valence-electron chi connectivity index (χ2n) is 4.65. The third-order valence-electron chi connectivity index (χ3n) is 3.00. The summed E-state index contributed by atoms with van der Waals surface area (Å²) in [6.07, 6.45) is 8.82. The molecule has 128 valence electrons. The molecule has 0 saturated heterocycles. The number of carbonyl (C=O) groups is 2. The van der Waals surface area contributed by atoms with E-state index in [2.05, 4.69) is 33.7 Å². The van der Waals surface area contributed by atoms with Crippen LogP contribution in [0.4, 0.5) is 0 Å². The average molecular weight is 490 g/mol. The molecule has 0 atom stereocenters. The molecule has 0 aromatic heterocycles. The number of carbonyl (C=O) groups excluding carboxylic acids is 2. The standard InChI is InChI=1S/C14H21N4O2.C2H5.W/c1-3-5-8-14(17-18-14)9-6-10-15-13(20)7-11-16-12(19)4-2;1-2;/h1,10H,4-9,11H2,2H3,(H,15,20)(H,16,19);1H2,2H3;/q2*-1;+2. The molecule has 1 aliphatic heterocycles. The maximum absolute atomic E-state index is 11.5. The van der Waals surface area contributed by atoms with Gasteiger partial charge < -0.3 is 17.6 Å². The van der Waals surface area contributed by atoms with Crippen molar-refractivity contribution in [2.45, 2.75) is 58.0 Å². The third-order valence-corrected chi connectivity index (χ3v) is 3.00. The van der Waals surface area contributed by atoms with Crippen molar-refractivity contribution in [1.82, 2.24) is 10.6 Å². The van der Waals surface area contributed by atoms with Crippen LogP contribution in [-0.4, -0.2) is 24.0 Å². The number of nitrogens with zero attached hydrogens (tertiary/aromatic N) is 2. The number of hydrogen-bond acceptors (Lipinski definition) is 4. The van der Waals surface area contributed by atoms with E-state index >= 15 is 0 Å². The first-order valence-electron chi connectivity index (χ1n) is 7.58. The minimum absolute atomic E-state index is 0. The third kappa shape index (κ3) is 11.9. The first kappa shape index (κ1) is 24.0. The molecule has 0 fully saturated rings. The van der Waals surface area contributed by atoms with Gasteiger partial charge in [0, 0.05) is 32.2 Å². The molecule has 6 nitrogen and oxygen atoms in total. The van der Waals surface area contributed by atoms with Gasteiger partial charge in [-0.1, -0.05) is 6.92 Å². The molecule has 0 radical (unpaired) electrons. The minimum atomic E-state index is -0.303. The summed E-state index contributed by atoms with van der Waals surface area (Å²) in [7, 11) is 0. The Morgan fingerprint density at radius 3 is 2.43 bits per heavy atom. The average Bonchev–Trinajstić information content (AvgIpc) is 3.31. The Morgan fingerprint density at radius 1 is 1.26 bits per heavy atom. The van der Waals surface area contributed by atoms with Crippen molar-refractivity contribution in [2.75, 3.05) is 6.54 Å². The van der Waals surface area contributed by atoms with Crippen LogP contribution in [0.1, 0.15) is 52.4 Å². The van der Waals surface area contributed by atoms with E-state index in [0.29, 0.717) is 25.8 Å². The van der Waals surface area contributed by atoms with E-state index in [9.17, 15) is 9.59 Å². The predicted octanol–water partition coefficient (Wildman–Crippen LogP) is 2.37. The zero-order valence-electron chi connectivity index (χ0n) is 13.9. The molecule has 0 unspecified atom stereocenters. The van der Waals surface area contributed by atoms with Gasteiger partial charge in [-0.3, -0.25) is 9.59 Å². The summed E-state index contributed by atoms with van der Waals surface area (Å²) in [6, 6.07) is 0. The molecule has 0 aliphatic carbocycles. The van der Waals surface area contributed by atoms with Gasteiger partial charge in [0.15, 0.2) is 11.6 Å². The SMILES string of the molecule is C#CCCC1(CC[CH-]NC(=O)CCNC(=O)CC)N=N1.[CH2-]C.[W+2]. The van der Waals surface area contributed by atoms with Gasteiger partial charge in [-0.2, -0.15) is 23.6 Å². The van der Waals surface area contributed by atoms with Gasteiger partial charge in [0.25, 0.3) is 0 Å². The van der Waals surface area contributed by atoms with Crippen LogP contribution < -0.4 is 10.6 Å². The molecule has 2 amide bonds. The molecular formula is C16H26N4O2W. The summed E-state index contributed by atoms with van der Waals surface area (Å²) < 4.78 is 0. The predicted molar refractivity (Wildman–Crippen MR) is 86.3 cm³/mol. The maximum Gasteiger partial charge on any atom is 2.00 e. The zero-order chi connectivity index (χ0) is 16.8. The summed E-state index contributed by atoms with van der Waals surface area (Å²) in [5.41, 5.74) is -0.303. The Labute approximate surface area is 153 Å². The topological polar surface area (TPSA) is 82.9 Å². The Bertz CT molecular complexity index is 413. The number of nitrogens with one attached hydrogen (secondary N) is 2. The van der Waals surface area contributed by atoms with Crippen molar-refractivity contribution in [3.8, 4) is 12.3 Å². The Balaban J connectivity index is 0. The molecule has 0 bridgehead atoms. The normalized spacial score (nSPS) is 12.8. The molecule has 0 aromatic rings. The van der Waals surface area contributed by atoms with Gasteiger partial charge in [-0.25, -0.2) is 6.54 Å². The van der Waals surface area contributed by atoms with E-state index in [1.807, 2.05) is 0 Å². The molecule has 2 N–H and O–H groups in total. The van der Waals surface area contributed by atoms with Gasteiger partial charge in [-0.15, -0.1) is 12.3 Å². The second-order valence-corrected chi connectivity index (χ2v) is 4.65. The summed E-state index contributed by atoms with van der Waals surface area (Å²) in [4.78, 5) is 22.4. The number of terminal acetylenes is 1. The molecule has 0 saturated carbocycles. The van der Waals surface area contributed by atoms with E-state index in [4.69, 9.17) is 6.42 Å². The summed E-state index contributed by atoms with van der Waals surface area (Å²) in [5, 5.41) is 13.4. The van der Waals surface area contributed by atoms with Gasteiger partial charge in [0.05, 0.1) is 0 Å². The van der Waals surface area contributed by atoms with Crippen molar-refractivity contribution < 1.29 is 30.7 Å². The molecule has 1 heterocycles. The van der Waals surface area contributed by atoms with Crippen molar-refractivity contribution >= 4 is 11.8 Å². The van der Waals surface area contributed by atoms with E-state index in [-0.39, 0.29) is 45.0 Å². The molecule has 1 rings (SSSR count). The van der Waals surface area contributed by atoms with E-state index in [1.165, 1.54) is 0 Å². The minimum Gasteiger partial charge on any atom is -0.506 e. The fourth-order valence-corrected chi connectivity index (χ4v) is 1.67. The van der Waals surface area contributed by atoms with Crippen LogP contribution in [0.15, 0.2) is 10.2 Å². The van der Waals surface area contributed by atoms with E-state index in [0.717, 1.165) is 12.8 Å². The molecular weight excluding hydrogens is 464 g/mol. The van der Waals surface area contributed by atoms with Gasteiger partial charge in [0.1, 0.15) is 0 Å². The van der Waals surface area contributed by atoms with Crippen LogP contribution in [0.3, 0.4) is 0 Å². The van der Waals surface area contributed by atoms with E-state index in [1.54, 1.807) is 20.4 Å². The largest absolute Gasteiger partial charge is 2.00 e. The first-order valence-corrected chi connectivity index (χ1v) is 7.58. The van der Waals surface area contributed by atoms with Gasteiger partial charge in [-0.05, 0) is 6.42 Å². The van der Waals surface area contributed by atoms with Crippen molar-refractivity contribution in [2.24, 2.45) is 10.2 Å². The van der Waals surface area contributed by atoms with Crippen LogP contribution in [0.2, 0.25) is 0 Å². The van der Waals surface area contributed by atoms with Crippen LogP contribution in [0.5, 0.6) is 0 Å². The fraction of sp³-hybridized carbons (Fsp3) is 0.625. The summed E-state index contributed by atoms with van der Waals surface area (Å²) in [5.74, 6) is 2.42. The number of hydrogen-bond donors (Lipinski definition) is 2. The van der Waals surface area contributed by atoms with E-state index < -0.39 is 0 Å². The fourth-order valence-electron chi connectivity index (χ4n) is 1.67. The van der Waals surface area contributed by atoms with Crippen LogP contribution in [-0.2, 0) is 30.7 Å². The molecule has 1 aliphatic rings. The summed E-state index contributed by atoms with van der Waals surface area (Å²) >= 11 is 0. The monoisotopic (exact) mass is 490 g/mol. The molecule has 0 spiro atoms. The second kappa shape index (κ2) is 14.4. The van der Waals surface area contributed by atoms with Gasteiger partial charge in [0.2, 0.25) is 5.91 Å². The molecule has 23 heavy (non-hydrogen) atoms. The zero-order valence-corrected chi connectivity index (χ0v) is 16.9. The maximum atomic E-state index is 11.5. The van der Waals surface area contributed by atoms with Crippen LogP contribution in [0.25, 0.3) is 0 Å². The Morgan fingerprint density at radius 2 is 1.91 bits per heavy atom. The van der Waals surface area contributed by atoms with Crippen molar-refractivity contribution in [3.63, 3.8) is 0 Å². The van der Waals surface area contributed by atoms with Gasteiger partial charge >= 0.3 is 21.1 Å². The van der Waals surface area contributed by atoms with Crippen LogP contribution in [0, 0.1) is 25.8 Å². The smallest absolute Gasteiger partial charge is 0.506 e. The number of rotatable bonds is 10. The quantitative estimate of drug-likeness (QED) is 0.280. The Kier molecular flexibility index (Phi) is 15.0. The Hall–Kier alpha value is -1.21. The summed E-state index contributed by atoms with van der Waals surface area (Å²) in [6.45, 7) is 8.85. The number of amides is 2. The van der Waals surface area contributed by atoms with Crippen molar-refractivity contribution in [1.29, 1.82) is 0 Å². The molecule has 7 heteroatoms. The van der Waals surface area contributed by atoms with Crippen LogP contribution >= 0.6 is 0 Å².